The van der Waals surface area contributed by atoms with E-state index in [4.69, 9.17) is 0 Å². The molecule has 0 aromatic carbocycles. The molecule has 0 saturated heterocycles. The Morgan fingerprint density at radius 1 is 1.36 bits per heavy atom. The van der Waals surface area contributed by atoms with Crippen molar-refractivity contribution in [3.8, 4) is 0 Å². The normalized spacial score (nSPS) is 13.5. The second-order valence-electron chi connectivity index (χ2n) is 3.28. The molecule has 0 amide bonds. The van der Waals surface area contributed by atoms with Crippen LogP contribution in [0.5, 0.6) is 0 Å². The number of hydrogen-bond donors (Lipinski definition) is 1. The zero-order chi connectivity index (χ0) is 9.12. The fourth-order valence-electron chi connectivity index (χ4n) is 0.247. The van der Waals surface area contributed by atoms with Crippen molar-refractivity contribution in [2.24, 2.45) is 0 Å². The van der Waals surface area contributed by atoms with Gasteiger partial charge < -0.3 is 0 Å². The Balaban J connectivity index is 3.91. The first-order chi connectivity index (χ1) is 4.77. The highest BCUT2D eigenvalue weighted by Gasteiger charge is 2.14. The molecule has 0 fully saturated rings. The van der Waals surface area contributed by atoms with E-state index in [9.17, 15) is 8.42 Å². The molecule has 0 radical (unpaired) electrons. The van der Waals surface area contributed by atoms with E-state index in [1.807, 2.05) is 20.8 Å². The SMILES string of the molecule is CCS(=O)(=O)ONC(C)(C)C. The largest absolute Gasteiger partial charge is 0.282 e. The van der Waals surface area contributed by atoms with Crippen LogP contribution >= 0.6 is 0 Å². The van der Waals surface area contributed by atoms with Crippen LogP contribution in [0.4, 0.5) is 0 Å². The molecule has 0 aliphatic heterocycles. The molecular weight excluding hydrogens is 166 g/mol. The Morgan fingerprint density at radius 3 is 2.09 bits per heavy atom. The molecule has 0 rings (SSSR count). The van der Waals surface area contributed by atoms with Crippen LogP contribution in [0.3, 0.4) is 0 Å². The van der Waals surface area contributed by atoms with Crippen molar-refractivity contribution in [1.82, 2.24) is 5.48 Å². The van der Waals surface area contributed by atoms with Crippen LogP contribution in [0.15, 0.2) is 0 Å². The minimum atomic E-state index is -3.36. The summed E-state index contributed by atoms with van der Waals surface area (Å²) in [6.45, 7) is 6.98. The van der Waals surface area contributed by atoms with Gasteiger partial charge >= 0.3 is 0 Å². The first-order valence-electron chi connectivity index (χ1n) is 3.45. The lowest BCUT2D eigenvalue weighted by molar-refractivity contribution is 0.127. The zero-order valence-corrected chi connectivity index (χ0v) is 8.16. The zero-order valence-electron chi connectivity index (χ0n) is 7.34. The van der Waals surface area contributed by atoms with Gasteiger partial charge in [0.25, 0.3) is 10.1 Å². The van der Waals surface area contributed by atoms with Gasteiger partial charge in [0.2, 0.25) is 0 Å². The van der Waals surface area contributed by atoms with E-state index in [0.717, 1.165) is 0 Å². The maximum Gasteiger partial charge on any atom is 0.282 e. The molecule has 0 spiro atoms. The third-order valence-corrected chi connectivity index (χ3v) is 1.87. The molecule has 0 aliphatic rings. The topological polar surface area (TPSA) is 55.4 Å². The lowest BCUT2D eigenvalue weighted by atomic mass is 10.1. The van der Waals surface area contributed by atoms with E-state index >= 15 is 0 Å². The summed E-state index contributed by atoms with van der Waals surface area (Å²) in [6, 6.07) is 0. The molecule has 5 heteroatoms. The van der Waals surface area contributed by atoms with Gasteiger partial charge in [-0.1, -0.05) is 0 Å². The van der Waals surface area contributed by atoms with Crippen molar-refractivity contribution in [3.05, 3.63) is 0 Å². The number of hydroxylamine groups is 1. The summed E-state index contributed by atoms with van der Waals surface area (Å²) in [6.07, 6.45) is 0. The van der Waals surface area contributed by atoms with Crippen molar-refractivity contribution >= 4 is 10.1 Å². The molecular formula is C6H15NO3S. The van der Waals surface area contributed by atoms with Crippen LogP contribution in [0.2, 0.25) is 0 Å². The Bertz CT molecular complexity index is 202. The van der Waals surface area contributed by atoms with Gasteiger partial charge in [-0.05, 0) is 27.7 Å². The van der Waals surface area contributed by atoms with Crippen LogP contribution in [0.25, 0.3) is 0 Å². The fraction of sp³-hybridized carbons (Fsp3) is 1.00. The van der Waals surface area contributed by atoms with Gasteiger partial charge in [-0.3, -0.25) is 0 Å². The fourth-order valence-corrected chi connectivity index (χ4v) is 0.742. The first-order valence-corrected chi connectivity index (χ1v) is 5.03. The summed E-state index contributed by atoms with van der Waals surface area (Å²) in [5.74, 6) is -0.0178. The average molecular weight is 181 g/mol. The molecule has 0 heterocycles. The van der Waals surface area contributed by atoms with E-state index in [-0.39, 0.29) is 11.3 Å². The van der Waals surface area contributed by atoms with Gasteiger partial charge in [0.1, 0.15) is 0 Å². The highest BCUT2D eigenvalue weighted by atomic mass is 32.2. The molecule has 68 valence electrons. The Labute approximate surface area is 68.0 Å². The van der Waals surface area contributed by atoms with Crippen LogP contribution in [0, 0.1) is 0 Å². The van der Waals surface area contributed by atoms with Crippen molar-refractivity contribution in [3.63, 3.8) is 0 Å². The molecule has 11 heavy (non-hydrogen) atoms. The van der Waals surface area contributed by atoms with E-state index in [1.54, 1.807) is 0 Å². The van der Waals surface area contributed by atoms with Gasteiger partial charge in [0.15, 0.2) is 0 Å². The van der Waals surface area contributed by atoms with E-state index in [1.165, 1.54) is 6.92 Å². The summed E-state index contributed by atoms with van der Waals surface area (Å²) in [5.41, 5.74) is 2.08. The van der Waals surface area contributed by atoms with E-state index in [0.29, 0.717) is 0 Å². The van der Waals surface area contributed by atoms with Crippen molar-refractivity contribution in [1.29, 1.82) is 0 Å². The first kappa shape index (κ1) is 10.9. The van der Waals surface area contributed by atoms with Crippen LogP contribution < -0.4 is 5.48 Å². The summed E-state index contributed by atoms with van der Waals surface area (Å²) in [5, 5.41) is 0. The smallest absolute Gasteiger partial charge is 0.198 e. The second-order valence-corrected chi connectivity index (χ2v) is 5.14. The minimum absolute atomic E-state index is 0.0178. The maximum atomic E-state index is 10.8. The standard InChI is InChI=1S/C6H15NO3S/c1-5-11(8,9)10-7-6(2,3)4/h7H,5H2,1-4H3. The molecule has 0 atom stereocenters. The van der Waals surface area contributed by atoms with Gasteiger partial charge in [-0.2, -0.15) is 18.2 Å². The molecule has 4 nitrogen and oxygen atoms in total. The molecule has 0 aromatic heterocycles. The van der Waals surface area contributed by atoms with Gasteiger partial charge in [-0.25, -0.2) is 0 Å². The monoisotopic (exact) mass is 181 g/mol. The van der Waals surface area contributed by atoms with Crippen molar-refractivity contribution in [2.75, 3.05) is 5.75 Å². The van der Waals surface area contributed by atoms with E-state index in [2.05, 4.69) is 9.76 Å². The quantitative estimate of drug-likeness (QED) is 0.650. The van der Waals surface area contributed by atoms with Crippen LogP contribution in [0.1, 0.15) is 27.7 Å². The maximum absolute atomic E-state index is 10.8. The predicted octanol–water partition coefficient (Wildman–Crippen LogP) is 0.656. The number of nitrogens with one attached hydrogen (secondary N) is 1. The summed E-state index contributed by atoms with van der Waals surface area (Å²) in [4.78, 5) is 0. The summed E-state index contributed by atoms with van der Waals surface area (Å²) < 4.78 is 26.0. The molecule has 1 N–H and O–H groups in total. The van der Waals surface area contributed by atoms with E-state index < -0.39 is 10.1 Å². The Hall–Kier alpha value is -0.130. The Morgan fingerprint density at radius 2 is 1.82 bits per heavy atom. The summed E-state index contributed by atoms with van der Waals surface area (Å²) >= 11 is 0. The molecule has 0 aliphatic carbocycles. The van der Waals surface area contributed by atoms with Crippen molar-refractivity contribution < 1.29 is 12.7 Å². The van der Waals surface area contributed by atoms with Crippen molar-refractivity contribution in [2.45, 2.75) is 33.2 Å². The molecule has 0 aromatic rings. The third-order valence-electron chi connectivity index (χ3n) is 0.828. The molecule has 0 unspecified atom stereocenters. The lowest BCUT2D eigenvalue weighted by Crippen LogP contribution is -2.37. The highest BCUT2D eigenvalue weighted by Crippen LogP contribution is 2.00. The summed E-state index contributed by atoms with van der Waals surface area (Å²) in [7, 11) is -3.36. The van der Waals surface area contributed by atoms with Gasteiger partial charge in [0, 0.05) is 5.54 Å². The predicted molar refractivity (Wildman–Crippen MR) is 43.4 cm³/mol. The van der Waals surface area contributed by atoms with Crippen LogP contribution in [-0.4, -0.2) is 19.7 Å². The molecule has 0 bridgehead atoms. The average Bonchev–Trinajstić information content (AvgIpc) is 1.83. The third kappa shape index (κ3) is 6.28. The van der Waals surface area contributed by atoms with Gasteiger partial charge in [-0.15, -0.1) is 0 Å². The lowest BCUT2D eigenvalue weighted by Gasteiger charge is -2.18. The highest BCUT2D eigenvalue weighted by molar-refractivity contribution is 7.86. The minimum Gasteiger partial charge on any atom is -0.198 e. The van der Waals surface area contributed by atoms with Gasteiger partial charge in [0.05, 0.1) is 5.75 Å². The second kappa shape index (κ2) is 3.51. The molecule has 0 saturated carbocycles. The number of rotatable bonds is 3. The van der Waals surface area contributed by atoms with Crippen LogP contribution in [-0.2, 0) is 14.4 Å². The Kier molecular flexibility index (Phi) is 3.47. The number of hydrogen-bond acceptors (Lipinski definition) is 4.